The fraction of sp³-hybridized carbons (Fsp3) is 0.368. The second-order valence-electron chi connectivity index (χ2n) is 6.50. The lowest BCUT2D eigenvalue weighted by Gasteiger charge is -2.36. The van der Waals surface area contributed by atoms with Crippen LogP contribution in [0.4, 0.5) is 11.5 Å². The van der Waals surface area contributed by atoms with E-state index in [0.717, 1.165) is 24.5 Å². The van der Waals surface area contributed by atoms with Crippen molar-refractivity contribution in [2.75, 3.05) is 23.7 Å². The van der Waals surface area contributed by atoms with E-state index in [1.54, 1.807) is 30.5 Å². The van der Waals surface area contributed by atoms with E-state index in [0.29, 0.717) is 17.8 Å². The lowest BCUT2D eigenvalue weighted by atomic mass is 10.2. The zero-order valence-electron chi connectivity index (χ0n) is 15.4. The third kappa shape index (κ3) is 6.27. The topological polar surface area (TPSA) is 80.5 Å². The molecule has 1 aliphatic rings. The van der Waals surface area contributed by atoms with Gasteiger partial charge in [-0.25, -0.2) is 4.98 Å². The van der Waals surface area contributed by atoms with Gasteiger partial charge >= 0.3 is 0 Å². The first-order valence-electron chi connectivity index (χ1n) is 8.50. The van der Waals surface area contributed by atoms with Crippen LogP contribution in [0.15, 0.2) is 42.6 Å². The Labute approximate surface area is 172 Å². The van der Waals surface area contributed by atoms with E-state index >= 15 is 0 Å². The molecule has 8 heteroatoms. The number of anilines is 2. The summed E-state index contributed by atoms with van der Waals surface area (Å²) in [6.07, 6.45) is 2.20. The van der Waals surface area contributed by atoms with Gasteiger partial charge in [-0.3, -0.25) is 4.79 Å². The van der Waals surface area contributed by atoms with Crippen LogP contribution in [0, 0.1) is 0 Å². The number of pyridine rings is 1. The summed E-state index contributed by atoms with van der Waals surface area (Å²) in [5.41, 5.74) is 7.79. The van der Waals surface area contributed by atoms with Crippen LogP contribution in [-0.2, 0) is 11.3 Å². The maximum atomic E-state index is 12.1. The minimum absolute atomic E-state index is 0. The molecule has 1 saturated heterocycles. The number of carbonyl (C=O) groups excluding carboxylic acids is 1. The minimum atomic E-state index is -0.146. The van der Waals surface area contributed by atoms with Crippen LogP contribution in [0.5, 0.6) is 0 Å². The number of hydrogen-bond acceptors (Lipinski definition) is 5. The number of hydrogen-bond donors (Lipinski definition) is 2. The number of benzene rings is 1. The van der Waals surface area contributed by atoms with Crippen molar-refractivity contribution in [3.63, 3.8) is 0 Å². The molecule has 6 nitrogen and oxygen atoms in total. The smallest absolute Gasteiger partial charge is 0.251 e. The molecule has 1 amide bonds. The van der Waals surface area contributed by atoms with Gasteiger partial charge in [-0.15, -0.1) is 24.8 Å². The molecular weight excluding hydrogens is 387 g/mol. The molecule has 3 rings (SSSR count). The van der Waals surface area contributed by atoms with E-state index in [4.69, 9.17) is 10.5 Å². The monoisotopic (exact) mass is 412 g/mol. The normalized spacial score (nSPS) is 18.8. The van der Waals surface area contributed by atoms with Gasteiger partial charge in [0.1, 0.15) is 5.82 Å². The van der Waals surface area contributed by atoms with Crippen LogP contribution in [0.3, 0.4) is 0 Å². The first-order chi connectivity index (χ1) is 12.0. The van der Waals surface area contributed by atoms with E-state index < -0.39 is 0 Å². The summed E-state index contributed by atoms with van der Waals surface area (Å²) in [5, 5.41) is 2.89. The third-order valence-electron chi connectivity index (χ3n) is 4.15. The van der Waals surface area contributed by atoms with Gasteiger partial charge in [-0.2, -0.15) is 0 Å². The highest BCUT2D eigenvalue weighted by Crippen LogP contribution is 2.18. The Bertz CT molecular complexity index is 733. The molecular formula is C19H26Cl2N4O2. The summed E-state index contributed by atoms with van der Waals surface area (Å²) >= 11 is 0. The standard InChI is InChI=1S/C19H24N4O2.2ClH/c1-13-11-23(12-14(2)25-13)18-7-6-15(9-21-18)10-22-19(24)16-4-3-5-17(20)8-16;;/h3-9,13-14H,10-12,20H2,1-2H3,(H,22,24);2*1H. The number of nitrogens with zero attached hydrogens (tertiary/aromatic N) is 2. The minimum Gasteiger partial charge on any atom is -0.399 e. The van der Waals surface area contributed by atoms with Crippen LogP contribution < -0.4 is 16.0 Å². The Hall–Kier alpha value is -2.02. The number of nitrogens with one attached hydrogen (secondary N) is 1. The maximum Gasteiger partial charge on any atom is 0.251 e. The molecule has 148 valence electrons. The quantitative estimate of drug-likeness (QED) is 0.754. The van der Waals surface area contributed by atoms with Crippen molar-refractivity contribution in [2.45, 2.75) is 32.6 Å². The first kappa shape index (κ1) is 23.0. The fourth-order valence-electron chi connectivity index (χ4n) is 3.04. The van der Waals surface area contributed by atoms with Gasteiger partial charge in [0.15, 0.2) is 0 Å². The van der Waals surface area contributed by atoms with Gasteiger partial charge in [0.05, 0.1) is 12.2 Å². The van der Waals surface area contributed by atoms with Crippen molar-refractivity contribution < 1.29 is 9.53 Å². The van der Waals surface area contributed by atoms with Crippen molar-refractivity contribution in [3.8, 4) is 0 Å². The highest BCUT2D eigenvalue weighted by Gasteiger charge is 2.22. The highest BCUT2D eigenvalue weighted by molar-refractivity contribution is 5.94. The summed E-state index contributed by atoms with van der Waals surface area (Å²) in [7, 11) is 0. The SMILES string of the molecule is CC1CN(c2ccc(CNC(=O)c3cccc(N)c3)cn2)CC(C)O1.Cl.Cl. The average molecular weight is 413 g/mol. The molecule has 0 bridgehead atoms. The Morgan fingerprint density at radius 3 is 2.52 bits per heavy atom. The number of ether oxygens (including phenoxy) is 1. The number of nitrogen functional groups attached to an aromatic ring is 1. The Morgan fingerprint density at radius 2 is 1.93 bits per heavy atom. The summed E-state index contributed by atoms with van der Waals surface area (Å²) in [4.78, 5) is 18.9. The van der Waals surface area contributed by atoms with Crippen molar-refractivity contribution in [3.05, 3.63) is 53.7 Å². The molecule has 27 heavy (non-hydrogen) atoms. The Morgan fingerprint density at radius 1 is 1.22 bits per heavy atom. The molecule has 2 atom stereocenters. The van der Waals surface area contributed by atoms with Crippen LogP contribution in [-0.4, -0.2) is 36.2 Å². The molecule has 1 aliphatic heterocycles. The van der Waals surface area contributed by atoms with Crippen LogP contribution in [0.1, 0.15) is 29.8 Å². The second-order valence-corrected chi connectivity index (χ2v) is 6.50. The number of rotatable bonds is 4. The van der Waals surface area contributed by atoms with E-state index in [9.17, 15) is 4.79 Å². The zero-order valence-corrected chi connectivity index (χ0v) is 17.1. The molecule has 2 unspecified atom stereocenters. The number of amides is 1. The van der Waals surface area contributed by atoms with E-state index in [1.807, 2.05) is 12.1 Å². The van der Waals surface area contributed by atoms with Gasteiger partial charge in [-0.1, -0.05) is 12.1 Å². The molecule has 1 aromatic heterocycles. The van der Waals surface area contributed by atoms with E-state index in [2.05, 4.69) is 29.0 Å². The molecule has 0 aliphatic carbocycles. The predicted molar refractivity (Wildman–Crippen MR) is 113 cm³/mol. The number of halogens is 2. The summed E-state index contributed by atoms with van der Waals surface area (Å²) in [6, 6.07) is 10.9. The Balaban J connectivity index is 0.00000182. The molecule has 2 aromatic rings. The molecule has 0 saturated carbocycles. The first-order valence-corrected chi connectivity index (χ1v) is 8.50. The van der Waals surface area contributed by atoms with Crippen molar-refractivity contribution >= 4 is 42.2 Å². The van der Waals surface area contributed by atoms with Gasteiger partial charge in [-0.05, 0) is 43.7 Å². The summed E-state index contributed by atoms with van der Waals surface area (Å²) < 4.78 is 5.75. The zero-order chi connectivity index (χ0) is 17.8. The number of aromatic nitrogens is 1. The number of carbonyl (C=O) groups is 1. The maximum absolute atomic E-state index is 12.1. The number of morpholine rings is 1. The van der Waals surface area contributed by atoms with Crippen molar-refractivity contribution in [1.29, 1.82) is 0 Å². The predicted octanol–water partition coefficient (Wildman–Crippen LogP) is 3.05. The number of nitrogens with two attached hydrogens (primary N) is 1. The average Bonchev–Trinajstić information content (AvgIpc) is 2.59. The highest BCUT2D eigenvalue weighted by atomic mass is 35.5. The van der Waals surface area contributed by atoms with E-state index in [-0.39, 0.29) is 42.9 Å². The molecule has 0 radical (unpaired) electrons. The lowest BCUT2D eigenvalue weighted by molar-refractivity contribution is -0.00546. The molecule has 2 heterocycles. The molecule has 1 aromatic carbocycles. The Kier molecular flexibility index (Phi) is 8.82. The lowest BCUT2D eigenvalue weighted by Crippen LogP contribution is -2.45. The van der Waals surface area contributed by atoms with Crippen molar-refractivity contribution in [2.24, 2.45) is 0 Å². The molecule has 1 fully saturated rings. The summed E-state index contributed by atoms with van der Waals surface area (Å²) in [6.45, 7) is 6.24. The van der Waals surface area contributed by atoms with Gasteiger partial charge in [0.2, 0.25) is 0 Å². The van der Waals surface area contributed by atoms with Crippen LogP contribution in [0.2, 0.25) is 0 Å². The van der Waals surface area contributed by atoms with Crippen LogP contribution >= 0.6 is 24.8 Å². The molecule has 3 N–H and O–H groups in total. The van der Waals surface area contributed by atoms with Crippen LogP contribution in [0.25, 0.3) is 0 Å². The third-order valence-corrected chi connectivity index (χ3v) is 4.15. The second kappa shape index (κ2) is 10.3. The van der Waals surface area contributed by atoms with Gasteiger partial charge in [0, 0.05) is 37.1 Å². The van der Waals surface area contributed by atoms with E-state index in [1.165, 1.54) is 0 Å². The van der Waals surface area contributed by atoms with Crippen molar-refractivity contribution in [1.82, 2.24) is 10.3 Å². The summed E-state index contributed by atoms with van der Waals surface area (Å²) in [5.74, 6) is 0.792. The molecule has 0 spiro atoms. The van der Waals surface area contributed by atoms with Gasteiger partial charge in [0.25, 0.3) is 5.91 Å². The largest absolute Gasteiger partial charge is 0.399 e. The van der Waals surface area contributed by atoms with Gasteiger partial charge < -0.3 is 20.7 Å². The fourth-order valence-corrected chi connectivity index (χ4v) is 3.04.